The highest BCUT2D eigenvalue weighted by molar-refractivity contribution is 5.97. The summed E-state index contributed by atoms with van der Waals surface area (Å²) in [6.07, 6.45) is 2.45. The second-order valence-corrected chi connectivity index (χ2v) is 5.68. The Labute approximate surface area is 136 Å². The molecule has 0 aliphatic carbocycles. The molecule has 0 unspecified atom stereocenters. The minimum Gasteiger partial charge on any atom is -0.454 e. The molecule has 0 saturated heterocycles. The minimum absolute atomic E-state index is 0.0644. The van der Waals surface area contributed by atoms with Crippen LogP contribution in [-0.4, -0.2) is 19.2 Å². The number of nitrogens with one attached hydrogen (secondary N) is 2. The highest BCUT2D eigenvalue weighted by Crippen LogP contribution is 2.32. The number of amides is 1. The molecular formula is C17H21N3O3. The molecule has 1 aliphatic rings. The molecule has 1 aliphatic heterocycles. The number of carbonyl (C=O) groups excluding carboxylic acids is 1. The first kappa shape index (κ1) is 16.7. The van der Waals surface area contributed by atoms with Crippen molar-refractivity contribution in [3.63, 3.8) is 0 Å². The van der Waals surface area contributed by atoms with Gasteiger partial charge in [-0.05, 0) is 30.0 Å². The lowest BCUT2D eigenvalue weighted by molar-refractivity contribution is -0.117. The smallest absolute Gasteiger partial charge is 0.263 e. The van der Waals surface area contributed by atoms with Crippen molar-refractivity contribution in [3.05, 3.63) is 35.5 Å². The first-order valence-electron chi connectivity index (χ1n) is 7.60. The molecule has 0 radical (unpaired) electrons. The van der Waals surface area contributed by atoms with E-state index in [0.29, 0.717) is 24.0 Å². The molecule has 1 aromatic rings. The number of ether oxygens (including phenoxy) is 2. The summed E-state index contributed by atoms with van der Waals surface area (Å²) in [6.45, 7) is 5.51. The normalized spacial score (nSPS) is 12.9. The molecule has 0 fully saturated rings. The van der Waals surface area contributed by atoms with Gasteiger partial charge in [-0.25, -0.2) is 0 Å². The number of benzene rings is 1. The molecule has 0 atom stereocenters. The van der Waals surface area contributed by atoms with Crippen molar-refractivity contribution >= 4 is 5.91 Å². The zero-order valence-corrected chi connectivity index (χ0v) is 13.4. The number of nitrogens with zero attached hydrogens (tertiary/aromatic N) is 1. The predicted octanol–water partition coefficient (Wildman–Crippen LogP) is 2.07. The lowest BCUT2D eigenvalue weighted by Crippen LogP contribution is -2.25. The van der Waals surface area contributed by atoms with Crippen LogP contribution in [0.15, 0.2) is 30.0 Å². The quantitative estimate of drug-likeness (QED) is 0.457. The number of fused-ring (bicyclic) bond motifs is 1. The Hall–Kier alpha value is -2.68. The van der Waals surface area contributed by atoms with Gasteiger partial charge in [-0.2, -0.15) is 5.26 Å². The Kier molecular flexibility index (Phi) is 5.87. The van der Waals surface area contributed by atoms with E-state index in [2.05, 4.69) is 24.5 Å². The standard InChI is InChI=1S/C17H21N3O3/c1-12(2)5-6-19-10-14(8-18)17(21)20-9-13-3-4-15-16(7-13)23-11-22-15/h3-4,7,10,12,19H,5-6,9,11H2,1-2H3,(H,20,21)/b14-10-. The molecule has 2 rings (SSSR count). The van der Waals surface area contributed by atoms with Crippen LogP contribution in [-0.2, 0) is 11.3 Å². The fourth-order valence-electron chi connectivity index (χ4n) is 2.02. The second kappa shape index (κ2) is 8.08. The monoisotopic (exact) mass is 315 g/mol. The van der Waals surface area contributed by atoms with E-state index in [0.717, 1.165) is 18.5 Å². The van der Waals surface area contributed by atoms with E-state index < -0.39 is 5.91 Å². The molecule has 6 heteroatoms. The van der Waals surface area contributed by atoms with Crippen LogP contribution in [0.3, 0.4) is 0 Å². The Morgan fingerprint density at radius 1 is 1.39 bits per heavy atom. The maximum Gasteiger partial charge on any atom is 0.263 e. The van der Waals surface area contributed by atoms with Crippen molar-refractivity contribution < 1.29 is 14.3 Å². The molecule has 23 heavy (non-hydrogen) atoms. The van der Waals surface area contributed by atoms with E-state index in [1.165, 1.54) is 6.20 Å². The average molecular weight is 315 g/mol. The van der Waals surface area contributed by atoms with Gasteiger partial charge >= 0.3 is 0 Å². The van der Waals surface area contributed by atoms with E-state index >= 15 is 0 Å². The fraction of sp³-hybridized carbons (Fsp3) is 0.412. The molecule has 0 spiro atoms. The van der Waals surface area contributed by atoms with Crippen molar-refractivity contribution in [1.29, 1.82) is 5.26 Å². The largest absolute Gasteiger partial charge is 0.454 e. The third-order valence-electron chi connectivity index (χ3n) is 3.37. The van der Waals surface area contributed by atoms with Gasteiger partial charge in [0.25, 0.3) is 5.91 Å². The van der Waals surface area contributed by atoms with Crippen LogP contribution in [0.25, 0.3) is 0 Å². The highest BCUT2D eigenvalue weighted by Gasteiger charge is 2.14. The van der Waals surface area contributed by atoms with E-state index in [9.17, 15) is 4.79 Å². The summed E-state index contributed by atoms with van der Waals surface area (Å²) in [7, 11) is 0. The SMILES string of the molecule is CC(C)CCN/C=C(/C#N)C(=O)NCc1ccc2c(c1)OCO2. The van der Waals surface area contributed by atoms with Gasteiger partial charge in [0.2, 0.25) is 6.79 Å². The molecule has 2 N–H and O–H groups in total. The van der Waals surface area contributed by atoms with Gasteiger partial charge in [0.1, 0.15) is 11.6 Å². The summed E-state index contributed by atoms with van der Waals surface area (Å²) >= 11 is 0. The molecule has 1 amide bonds. The van der Waals surface area contributed by atoms with Gasteiger partial charge < -0.3 is 20.1 Å². The van der Waals surface area contributed by atoms with E-state index in [1.54, 1.807) is 6.07 Å². The lowest BCUT2D eigenvalue weighted by Gasteiger charge is -2.07. The van der Waals surface area contributed by atoms with Crippen molar-refractivity contribution in [2.75, 3.05) is 13.3 Å². The van der Waals surface area contributed by atoms with Gasteiger partial charge in [-0.1, -0.05) is 19.9 Å². The van der Waals surface area contributed by atoms with Crippen LogP contribution in [0.4, 0.5) is 0 Å². The molecular weight excluding hydrogens is 294 g/mol. The van der Waals surface area contributed by atoms with Crippen LogP contribution in [0, 0.1) is 17.2 Å². The molecule has 1 aromatic carbocycles. The van der Waals surface area contributed by atoms with Crippen LogP contribution in [0.5, 0.6) is 11.5 Å². The number of rotatable bonds is 7. The summed E-state index contributed by atoms with van der Waals surface area (Å²) in [5.41, 5.74) is 0.946. The summed E-state index contributed by atoms with van der Waals surface area (Å²) in [5.74, 6) is 1.54. The van der Waals surface area contributed by atoms with Crippen molar-refractivity contribution in [1.82, 2.24) is 10.6 Å². The molecule has 0 saturated carbocycles. The third kappa shape index (κ3) is 4.92. The van der Waals surface area contributed by atoms with Gasteiger partial charge in [0, 0.05) is 19.3 Å². The van der Waals surface area contributed by atoms with Crippen molar-refractivity contribution in [2.45, 2.75) is 26.8 Å². The number of nitriles is 1. The Balaban J connectivity index is 1.85. The van der Waals surface area contributed by atoms with Crippen LogP contribution in [0.2, 0.25) is 0 Å². The maximum absolute atomic E-state index is 12.0. The highest BCUT2D eigenvalue weighted by atomic mass is 16.7. The Morgan fingerprint density at radius 3 is 2.91 bits per heavy atom. The van der Waals surface area contributed by atoms with Crippen molar-refractivity contribution in [3.8, 4) is 17.6 Å². The minimum atomic E-state index is -0.401. The van der Waals surface area contributed by atoms with Crippen LogP contribution < -0.4 is 20.1 Å². The number of hydrogen-bond acceptors (Lipinski definition) is 5. The van der Waals surface area contributed by atoms with Gasteiger partial charge in [-0.3, -0.25) is 4.79 Å². The molecule has 0 bridgehead atoms. The summed E-state index contributed by atoms with van der Waals surface area (Å²) in [4.78, 5) is 12.0. The summed E-state index contributed by atoms with van der Waals surface area (Å²) in [5, 5.41) is 14.8. The molecule has 122 valence electrons. The first-order valence-corrected chi connectivity index (χ1v) is 7.60. The number of carbonyl (C=O) groups is 1. The van der Waals surface area contributed by atoms with Gasteiger partial charge in [0.15, 0.2) is 11.5 Å². The number of hydrogen-bond donors (Lipinski definition) is 2. The molecule has 1 heterocycles. The molecule has 0 aromatic heterocycles. The first-order chi connectivity index (χ1) is 11.1. The lowest BCUT2D eigenvalue weighted by atomic mass is 10.1. The topological polar surface area (TPSA) is 83.4 Å². The zero-order chi connectivity index (χ0) is 16.7. The average Bonchev–Trinajstić information content (AvgIpc) is 3.00. The summed E-state index contributed by atoms with van der Waals surface area (Å²) in [6, 6.07) is 7.38. The van der Waals surface area contributed by atoms with E-state index in [-0.39, 0.29) is 12.4 Å². The predicted molar refractivity (Wildman–Crippen MR) is 85.6 cm³/mol. The van der Waals surface area contributed by atoms with Crippen LogP contribution >= 0.6 is 0 Å². The maximum atomic E-state index is 12.0. The van der Waals surface area contributed by atoms with E-state index in [1.807, 2.05) is 18.2 Å². The summed E-state index contributed by atoms with van der Waals surface area (Å²) < 4.78 is 10.5. The second-order valence-electron chi connectivity index (χ2n) is 5.68. The molecule has 6 nitrogen and oxygen atoms in total. The van der Waals surface area contributed by atoms with Crippen LogP contribution in [0.1, 0.15) is 25.8 Å². The third-order valence-corrected chi connectivity index (χ3v) is 3.37. The van der Waals surface area contributed by atoms with Gasteiger partial charge in [0.05, 0.1) is 0 Å². The zero-order valence-electron chi connectivity index (χ0n) is 13.4. The Morgan fingerprint density at radius 2 is 2.17 bits per heavy atom. The Bertz CT molecular complexity index is 632. The van der Waals surface area contributed by atoms with E-state index in [4.69, 9.17) is 14.7 Å². The van der Waals surface area contributed by atoms with Gasteiger partial charge in [-0.15, -0.1) is 0 Å². The fourth-order valence-corrected chi connectivity index (χ4v) is 2.02. The van der Waals surface area contributed by atoms with Crippen molar-refractivity contribution in [2.24, 2.45) is 5.92 Å².